The summed E-state index contributed by atoms with van der Waals surface area (Å²) < 4.78 is 6.56. The van der Waals surface area contributed by atoms with E-state index in [1.807, 2.05) is 11.5 Å². The molecule has 1 saturated heterocycles. The molecule has 1 amide bonds. The van der Waals surface area contributed by atoms with Crippen LogP contribution in [0.3, 0.4) is 0 Å². The molecule has 2 atom stereocenters. The van der Waals surface area contributed by atoms with Gasteiger partial charge in [0, 0.05) is 32.2 Å². The summed E-state index contributed by atoms with van der Waals surface area (Å²) in [5.41, 5.74) is 3.13. The van der Waals surface area contributed by atoms with Gasteiger partial charge in [-0.15, -0.1) is 0 Å². The molecule has 1 aliphatic heterocycles. The summed E-state index contributed by atoms with van der Waals surface area (Å²) in [7, 11) is -0.288. The van der Waals surface area contributed by atoms with Crippen LogP contribution in [0.2, 0.25) is 18.1 Å². The second-order valence-electron chi connectivity index (χ2n) is 9.57. The molecule has 8 nitrogen and oxygen atoms in total. The summed E-state index contributed by atoms with van der Waals surface area (Å²) in [6, 6.07) is 6.69. The molecule has 0 saturated carbocycles. The van der Waals surface area contributed by atoms with Crippen molar-refractivity contribution in [2.24, 2.45) is 0 Å². The number of hydrogen-bond acceptors (Lipinski definition) is 5. The van der Waals surface area contributed by atoms with Gasteiger partial charge in [-0.1, -0.05) is 39.0 Å². The number of amides is 1. The Morgan fingerprint density at radius 3 is 2.67 bits per heavy atom. The average Bonchev–Trinajstić information content (AvgIpc) is 3.10. The lowest BCUT2D eigenvalue weighted by Crippen LogP contribution is -2.45. The van der Waals surface area contributed by atoms with Crippen LogP contribution in [-0.2, 0) is 4.43 Å². The van der Waals surface area contributed by atoms with Crippen molar-refractivity contribution in [2.75, 3.05) is 26.7 Å². The molecule has 1 aromatic rings. The van der Waals surface area contributed by atoms with E-state index in [0.29, 0.717) is 12.1 Å². The lowest BCUT2D eigenvalue weighted by Gasteiger charge is -2.38. The van der Waals surface area contributed by atoms with Gasteiger partial charge in [-0.2, -0.15) is 0 Å². The van der Waals surface area contributed by atoms with Crippen molar-refractivity contribution < 1.29 is 19.5 Å². The van der Waals surface area contributed by atoms with Crippen molar-refractivity contribution in [3.05, 3.63) is 35.4 Å². The highest BCUT2D eigenvalue weighted by Crippen LogP contribution is 2.38. The lowest BCUT2D eigenvalue weighted by atomic mass is 10.0. The van der Waals surface area contributed by atoms with Gasteiger partial charge in [0.15, 0.2) is 8.32 Å². The minimum atomic E-state index is -1.85. The van der Waals surface area contributed by atoms with Crippen molar-refractivity contribution in [3.8, 4) is 0 Å². The topological polar surface area (TPSA) is 109 Å². The average molecular weight is 437 g/mol. The molecule has 0 bridgehead atoms. The van der Waals surface area contributed by atoms with Gasteiger partial charge in [-0.3, -0.25) is 21.0 Å². The fraction of sp³-hybridized carbons (Fsp3) is 0.619. The Morgan fingerprint density at radius 1 is 1.43 bits per heavy atom. The Morgan fingerprint density at radius 2 is 2.10 bits per heavy atom. The van der Waals surface area contributed by atoms with Gasteiger partial charge in [-0.05, 0) is 36.2 Å². The van der Waals surface area contributed by atoms with Gasteiger partial charge in [-0.25, -0.2) is 4.79 Å². The second kappa shape index (κ2) is 9.46. The number of benzene rings is 1. The molecule has 1 heterocycles. The number of likely N-dealkylation sites (tertiary alicyclic amines) is 1. The largest absolute Gasteiger partial charge is 0.465 e. The highest BCUT2D eigenvalue weighted by molar-refractivity contribution is 6.74. The zero-order valence-corrected chi connectivity index (χ0v) is 19.9. The number of rotatable bonds is 7. The third-order valence-corrected chi connectivity index (χ3v) is 10.9. The van der Waals surface area contributed by atoms with E-state index in [1.165, 1.54) is 4.90 Å². The molecule has 1 aromatic carbocycles. The minimum absolute atomic E-state index is 0.127. The highest BCUT2D eigenvalue weighted by atomic mass is 28.4. The van der Waals surface area contributed by atoms with Gasteiger partial charge in [0.2, 0.25) is 0 Å². The van der Waals surface area contributed by atoms with Crippen LogP contribution < -0.4 is 5.48 Å². The maximum absolute atomic E-state index is 11.7. The van der Waals surface area contributed by atoms with E-state index in [-0.39, 0.29) is 23.0 Å². The number of carboxylic acid groups (broad SMARTS) is 1. The number of carbonyl (C=O) groups is 1. The predicted molar refractivity (Wildman–Crippen MR) is 120 cm³/mol. The smallest absolute Gasteiger partial charge is 0.407 e. The number of nitrogens with one attached hydrogen (secondary N) is 2. The van der Waals surface area contributed by atoms with E-state index < -0.39 is 14.4 Å². The number of likely N-dealkylation sites (N-methyl/N-ethyl adjacent to an activating group) is 1. The van der Waals surface area contributed by atoms with Gasteiger partial charge in [0.05, 0.1) is 12.1 Å². The Kier molecular flexibility index (Phi) is 7.67. The van der Waals surface area contributed by atoms with Crippen LogP contribution in [0.5, 0.6) is 0 Å². The summed E-state index contributed by atoms with van der Waals surface area (Å²) in [6.45, 7) is 13.4. The zero-order chi connectivity index (χ0) is 22.7. The van der Waals surface area contributed by atoms with E-state index in [1.54, 1.807) is 25.2 Å². The van der Waals surface area contributed by atoms with Crippen LogP contribution in [0, 0.1) is 5.41 Å². The lowest BCUT2D eigenvalue weighted by molar-refractivity contribution is 0.121. The molecule has 2 rings (SSSR count). The summed E-state index contributed by atoms with van der Waals surface area (Å²) in [4.78, 5) is 15.3. The first-order valence-electron chi connectivity index (χ1n) is 10.3. The maximum atomic E-state index is 11.7. The van der Waals surface area contributed by atoms with Crippen molar-refractivity contribution in [1.82, 2.24) is 15.3 Å². The Balaban J connectivity index is 2.15. The van der Waals surface area contributed by atoms with Gasteiger partial charge in [0.25, 0.3) is 0 Å². The molecular formula is C21H36N4O4Si. The van der Waals surface area contributed by atoms with Crippen LogP contribution in [0.25, 0.3) is 0 Å². The Labute approximate surface area is 180 Å². The molecule has 0 radical (unpaired) electrons. The van der Waals surface area contributed by atoms with E-state index in [2.05, 4.69) is 38.8 Å². The summed E-state index contributed by atoms with van der Waals surface area (Å²) >= 11 is 0. The van der Waals surface area contributed by atoms with Crippen molar-refractivity contribution in [2.45, 2.75) is 57.5 Å². The first-order chi connectivity index (χ1) is 13.9. The first-order valence-corrected chi connectivity index (χ1v) is 13.2. The Hall–Kier alpha value is -1.94. The molecule has 1 fully saturated rings. The minimum Gasteiger partial charge on any atom is -0.465 e. The normalized spacial score (nSPS) is 18.8. The standard InChI is InChI=1S/C21H36N4O4Si/c1-21(2,3)30(5,6)29-17-10-11-25(13-17)14-18(24(4)20(26)27)15-8-7-9-16(12-15)19(22)23-28/h7-9,12,17-18,28H,10-11,13-14H2,1-6H3,(H2,22,23)(H,26,27)/t17-,18+/m0/s1. The van der Waals surface area contributed by atoms with E-state index in [4.69, 9.17) is 15.0 Å². The monoisotopic (exact) mass is 436 g/mol. The van der Waals surface area contributed by atoms with Crippen molar-refractivity contribution in [1.29, 1.82) is 5.41 Å². The first kappa shape index (κ1) is 24.3. The molecule has 9 heteroatoms. The molecule has 1 aliphatic rings. The molecular weight excluding hydrogens is 400 g/mol. The third kappa shape index (κ3) is 5.81. The predicted octanol–water partition coefficient (Wildman–Crippen LogP) is 3.74. The van der Waals surface area contributed by atoms with Crippen LogP contribution in [-0.4, -0.2) is 73.1 Å². The number of nitrogens with zero attached hydrogens (tertiary/aromatic N) is 2. The van der Waals surface area contributed by atoms with Crippen LogP contribution in [0.15, 0.2) is 24.3 Å². The molecule has 0 aliphatic carbocycles. The SMILES string of the molecule is CN(C(=O)O)[C@H](CN1CC[C@H](O[Si](C)(C)C(C)(C)C)C1)c1cccc(C(=N)NO)c1. The molecule has 168 valence electrons. The molecule has 30 heavy (non-hydrogen) atoms. The number of amidine groups is 1. The third-order valence-electron chi connectivity index (χ3n) is 6.37. The fourth-order valence-corrected chi connectivity index (χ4v) is 4.83. The fourth-order valence-electron chi connectivity index (χ4n) is 3.45. The van der Waals surface area contributed by atoms with Crippen molar-refractivity contribution in [3.63, 3.8) is 0 Å². The molecule has 0 aromatic heterocycles. The number of hydroxylamine groups is 1. The van der Waals surface area contributed by atoms with Gasteiger partial charge >= 0.3 is 6.09 Å². The summed E-state index contributed by atoms with van der Waals surface area (Å²) in [5, 5.41) is 26.6. The maximum Gasteiger partial charge on any atom is 0.407 e. The van der Waals surface area contributed by atoms with Gasteiger partial charge < -0.3 is 14.4 Å². The summed E-state index contributed by atoms with van der Waals surface area (Å²) in [6.07, 6.45) is 0.101. The molecule has 0 spiro atoms. The van der Waals surface area contributed by atoms with Crippen LogP contribution >= 0.6 is 0 Å². The highest BCUT2D eigenvalue weighted by Gasteiger charge is 2.40. The summed E-state index contributed by atoms with van der Waals surface area (Å²) in [5.74, 6) is -0.127. The second-order valence-corrected chi connectivity index (χ2v) is 14.3. The molecule has 0 unspecified atom stereocenters. The zero-order valence-electron chi connectivity index (χ0n) is 18.9. The van der Waals surface area contributed by atoms with E-state index in [9.17, 15) is 9.90 Å². The number of hydrogen-bond donors (Lipinski definition) is 4. The van der Waals surface area contributed by atoms with E-state index >= 15 is 0 Å². The van der Waals surface area contributed by atoms with E-state index in [0.717, 1.165) is 25.1 Å². The van der Waals surface area contributed by atoms with Crippen LogP contribution in [0.4, 0.5) is 4.79 Å². The van der Waals surface area contributed by atoms with Gasteiger partial charge in [0.1, 0.15) is 5.84 Å². The quantitative estimate of drug-likeness (QED) is 0.224. The molecule has 4 N–H and O–H groups in total. The Bertz CT molecular complexity index is 766. The van der Waals surface area contributed by atoms with Crippen LogP contribution in [0.1, 0.15) is 44.4 Å². The van der Waals surface area contributed by atoms with Crippen molar-refractivity contribution >= 4 is 20.2 Å².